The Bertz CT molecular complexity index is 418. The molecule has 15 heavy (non-hydrogen) atoms. The molecule has 1 aliphatic carbocycles. The van der Waals surface area contributed by atoms with Crippen molar-refractivity contribution in [2.75, 3.05) is 11.9 Å². The highest BCUT2D eigenvalue weighted by Crippen LogP contribution is 2.54. The number of hydrogen-bond donors (Lipinski definition) is 1. The van der Waals surface area contributed by atoms with Gasteiger partial charge in [-0.15, -0.1) is 0 Å². The molecule has 3 rings (SSSR count). The summed E-state index contributed by atoms with van der Waals surface area (Å²) in [5.74, 6) is 0. The lowest BCUT2D eigenvalue weighted by Gasteiger charge is -2.10. The van der Waals surface area contributed by atoms with Crippen molar-refractivity contribution in [3.8, 4) is 0 Å². The van der Waals surface area contributed by atoms with Gasteiger partial charge in [-0.05, 0) is 36.6 Å². The standard InChI is InChI=1S/C11H10F3N/c12-11(13,14)7-1-2-9-8(5-7)10(3-4-10)6-15-9/h1-2,5,15H,3-4,6H2. The average molecular weight is 213 g/mol. The first-order valence-electron chi connectivity index (χ1n) is 4.97. The van der Waals surface area contributed by atoms with E-state index in [1.165, 1.54) is 6.07 Å². The molecule has 0 aromatic heterocycles. The van der Waals surface area contributed by atoms with Gasteiger partial charge in [0.1, 0.15) is 0 Å². The van der Waals surface area contributed by atoms with Gasteiger partial charge < -0.3 is 5.32 Å². The summed E-state index contributed by atoms with van der Waals surface area (Å²) in [6.07, 6.45) is -2.21. The number of anilines is 1. The van der Waals surface area contributed by atoms with E-state index in [4.69, 9.17) is 0 Å². The molecule has 1 saturated carbocycles. The molecule has 1 fully saturated rings. The van der Waals surface area contributed by atoms with Crippen molar-refractivity contribution in [1.29, 1.82) is 0 Å². The zero-order valence-corrected chi connectivity index (χ0v) is 7.99. The van der Waals surface area contributed by atoms with Crippen molar-refractivity contribution < 1.29 is 13.2 Å². The molecule has 80 valence electrons. The first kappa shape index (κ1) is 9.07. The first-order chi connectivity index (χ1) is 7.01. The molecular weight excluding hydrogens is 203 g/mol. The van der Waals surface area contributed by atoms with Crippen LogP contribution in [-0.4, -0.2) is 6.54 Å². The van der Waals surface area contributed by atoms with Crippen molar-refractivity contribution in [2.24, 2.45) is 0 Å². The van der Waals surface area contributed by atoms with Crippen LogP contribution in [0.4, 0.5) is 18.9 Å². The molecule has 2 aliphatic rings. The van der Waals surface area contributed by atoms with Crippen molar-refractivity contribution in [2.45, 2.75) is 24.4 Å². The first-order valence-corrected chi connectivity index (χ1v) is 4.97. The summed E-state index contributed by atoms with van der Waals surface area (Å²) in [4.78, 5) is 0. The van der Waals surface area contributed by atoms with Crippen molar-refractivity contribution >= 4 is 5.69 Å². The fourth-order valence-electron chi connectivity index (χ4n) is 2.27. The Morgan fingerprint density at radius 1 is 1.20 bits per heavy atom. The monoisotopic (exact) mass is 213 g/mol. The summed E-state index contributed by atoms with van der Waals surface area (Å²) >= 11 is 0. The van der Waals surface area contributed by atoms with Crippen molar-refractivity contribution in [3.05, 3.63) is 29.3 Å². The summed E-state index contributed by atoms with van der Waals surface area (Å²) in [5, 5.41) is 3.16. The van der Waals surface area contributed by atoms with E-state index in [-0.39, 0.29) is 5.41 Å². The molecule has 0 radical (unpaired) electrons. The minimum absolute atomic E-state index is 0.0244. The van der Waals surface area contributed by atoms with Crippen LogP contribution in [0, 0.1) is 0 Å². The second-order valence-electron chi connectivity index (χ2n) is 4.39. The normalized spacial score (nSPS) is 21.3. The zero-order valence-electron chi connectivity index (χ0n) is 7.99. The zero-order chi connectivity index (χ0) is 10.7. The van der Waals surface area contributed by atoms with Crippen LogP contribution >= 0.6 is 0 Å². The number of hydrogen-bond acceptors (Lipinski definition) is 1. The van der Waals surface area contributed by atoms with Crippen LogP contribution in [-0.2, 0) is 11.6 Å². The largest absolute Gasteiger partial charge is 0.416 e. The molecule has 4 heteroatoms. The van der Waals surface area contributed by atoms with E-state index in [0.29, 0.717) is 0 Å². The Balaban J connectivity index is 2.10. The summed E-state index contributed by atoms with van der Waals surface area (Å²) in [5.41, 5.74) is 1.23. The maximum absolute atomic E-state index is 12.5. The topological polar surface area (TPSA) is 12.0 Å². The maximum Gasteiger partial charge on any atom is 0.416 e. The van der Waals surface area contributed by atoms with Crippen molar-refractivity contribution in [3.63, 3.8) is 0 Å². The van der Waals surface area contributed by atoms with Crippen LogP contribution in [0.2, 0.25) is 0 Å². The summed E-state index contributed by atoms with van der Waals surface area (Å²) < 4.78 is 37.5. The predicted molar refractivity (Wildman–Crippen MR) is 50.8 cm³/mol. The van der Waals surface area contributed by atoms with Gasteiger partial charge in [-0.3, -0.25) is 0 Å². The number of nitrogens with one attached hydrogen (secondary N) is 1. The van der Waals surface area contributed by atoms with Crippen LogP contribution in [0.1, 0.15) is 24.0 Å². The van der Waals surface area contributed by atoms with Gasteiger partial charge in [0.25, 0.3) is 0 Å². The molecule has 1 aromatic carbocycles. The van der Waals surface area contributed by atoms with E-state index in [9.17, 15) is 13.2 Å². The summed E-state index contributed by atoms with van der Waals surface area (Å²) in [6.45, 7) is 0.795. The van der Waals surface area contributed by atoms with E-state index in [1.54, 1.807) is 6.07 Å². The van der Waals surface area contributed by atoms with E-state index >= 15 is 0 Å². The third-order valence-corrected chi connectivity index (χ3v) is 3.39. The highest BCUT2D eigenvalue weighted by Gasteiger charge is 2.49. The molecule has 1 nitrogen and oxygen atoms in total. The molecule has 0 bridgehead atoms. The Kier molecular flexibility index (Phi) is 1.50. The number of fused-ring (bicyclic) bond motifs is 2. The van der Waals surface area contributed by atoms with E-state index in [2.05, 4.69) is 5.32 Å². The number of rotatable bonds is 0. The Morgan fingerprint density at radius 3 is 2.53 bits per heavy atom. The minimum Gasteiger partial charge on any atom is -0.384 e. The van der Waals surface area contributed by atoms with E-state index < -0.39 is 11.7 Å². The third kappa shape index (κ3) is 1.24. The summed E-state index contributed by atoms with van der Waals surface area (Å²) in [7, 11) is 0. The molecule has 1 heterocycles. The van der Waals surface area contributed by atoms with Gasteiger partial charge >= 0.3 is 6.18 Å². The highest BCUT2D eigenvalue weighted by molar-refractivity contribution is 5.63. The highest BCUT2D eigenvalue weighted by atomic mass is 19.4. The quantitative estimate of drug-likeness (QED) is 0.698. The Morgan fingerprint density at radius 2 is 1.93 bits per heavy atom. The Hall–Kier alpha value is -1.19. The molecule has 0 saturated heterocycles. The second-order valence-corrected chi connectivity index (χ2v) is 4.39. The molecular formula is C11H10F3N. The van der Waals surface area contributed by atoms with Crippen LogP contribution in [0.15, 0.2) is 18.2 Å². The van der Waals surface area contributed by atoms with Crippen LogP contribution < -0.4 is 5.32 Å². The van der Waals surface area contributed by atoms with Gasteiger partial charge in [-0.25, -0.2) is 0 Å². The Labute approximate surface area is 85.3 Å². The lowest BCUT2D eigenvalue weighted by molar-refractivity contribution is -0.137. The molecule has 0 unspecified atom stereocenters. The van der Waals surface area contributed by atoms with Crippen LogP contribution in [0.5, 0.6) is 0 Å². The fraction of sp³-hybridized carbons (Fsp3) is 0.455. The molecule has 1 N–H and O–H groups in total. The van der Waals surface area contributed by atoms with Crippen LogP contribution in [0.3, 0.4) is 0 Å². The lowest BCUT2D eigenvalue weighted by atomic mass is 9.96. The van der Waals surface area contributed by atoms with Crippen molar-refractivity contribution in [1.82, 2.24) is 0 Å². The fourth-order valence-corrected chi connectivity index (χ4v) is 2.27. The minimum atomic E-state index is -4.23. The molecule has 1 spiro atoms. The predicted octanol–water partition coefficient (Wildman–Crippen LogP) is 3.16. The number of alkyl halides is 3. The van der Waals surface area contributed by atoms with Gasteiger partial charge in [0.2, 0.25) is 0 Å². The molecule has 0 amide bonds. The van der Waals surface area contributed by atoms with E-state index in [0.717, 1.165) is 36.7 Å². The van der Waals surface area contributed by atoms with Gasteiger partial charge in [-0.1, -0.05) is 0 Å². The number of benzene rings is 1. The SMILES string of the molecule is FC(F)(F)c1ccc2c(c1)C1(CC1)CN2. The lowest BCUT2D eigenvalue weighted by Crippen LogP contribution is -2.10. The molecule has 0 atom stereocenters. The number of halogens is 3. The van der Waals surface area contributed by atoms with Gasteiger partial charge in [-0.2, -0.15) is 13.2 Å². The average Bonchev–Trinajstić information content (AvgIpc) is 2.84. The summed E-state index contributed by atoms with van der Waals surface area (Å²) in [6, 6.07) is 4.00. The van der Waals surface area contributed by atoms with Gasteiger partial charge in [0, 0.05) is 17.6 Å². The van der Waals surface area contributed by atoms with Gasteiger partial charge in [0.05, 0.1) is 5.56 Å². The van der Waals surface area contributed by atoms with E-state index in [1.807, 2.05) is 0 Å². The molecule has 1 aromatic rings. The third-order valence-electron chi connectivity index (χ3n) is 3.39. The smallest absolute Gasteiger partial charge is 0.384 e. The maximum atomic E-state index is 12.5. The molecule has 1 aliphatic heterocycles. The van der Waals surface area contributed by atoms with Crippen LogP contribution in [0.25, 0.3) is 0 Å². The van der Waals surface area contributed by atoms with Gasteiger partial charge in [0.15, 0.2) is 0 Å². The second kappa shape index (κ2) is 2.49.